The highest BCUT2D eigenvalue weighted by Gasteiger charge is 2.43. The number of ether oxygens (including phenoxy) is 4. The zero-order valence-corrected chi connectivity index (χ0v) is 12.7. The maximum Gasteiger partial charge on any atom is 0.207 e. The fraction of sp³-hybridized carbons (Fsp3) is 0.294. The number of benzene rings is 2. The van der Waals surface area contributed by atoms with Crippen LogP contribution in [0.25, 0.3) is 0 Å². The molecule has 120 valence electrons. The van der Waals surface area contributed by atoms with Crippen LogP contribution in [-0.2, 0) is 0 Å². The first-order valence-electron chi connectivity index (χ1n) is 7.24. The van der Waals surface area contributed by atoms with Crippen LogP contribution in [0.2, 0.25) is 0 Å². The number of fused-ring (bicyclic) bond motifs is 5. The average molecular weight is 316 g/mol. The number of methoxy groups -OCH3 is 2. The molecular weight excluding hydrogens is 300 g/mol. The highest BCUT2D eigenvalue weighted by molar-refractivity contribution is 5.66. The summed E-state index contributed by atoms with van der Waals surface area (Å²) in [6.07, 6.45) is -0.255. The summed E-state index contributed by atoms with van der Waals surface area (Å²) in [5.41, 5.74) is 1.68. The van der Waals surface area contributed by atoms with Crippen molar-refractivity contribution in [1.82, 2.24) is 0 Å². The fourth-order valence-electron chi connectivity index (χ4n) is 3.30. The third kappa shape index (κ3) is 1.87. The SMILES string of the molecule is COc1c(O)cc2c(c1OC)O[C@H]1c3ccc(O)cc3OC[C@@H]21. The van der Waals surface area contributed by atoms with E-state index in [2.05, 4.69) is 0 Å². The van der Waals surface area contributed by atoms with Gasteiger partial charge in [0.2, 0.25) is 11.5 Å². The summed E-state index contributed by atoms with van der Waals surface area (Å²) in [7, 11) is 2.97. The number of phenolic OH excluding ortho intramolecular Hbond substituents is 2. The molecule has 0 aromatic heterocycles. The van der Waals surface area contributed by atoms with Crippen molar-refractivity contribution in [3.05, 3.63) is 35.4 Å². The van der Waals surface area contributed by atoms with Gasteiger partial charge in [-0.05, 0) is 18.2 Å². The minimum atomic E-state index is -0.255. The molecule has 2 N–H and O–H groups in total. The predicted octanol–water partition coefficient (Wildman–Crippen LogP) is 2.72. The van der Waals surface area contributed by atoms with Crippen LogP contribution < -0.4 is 18.9 Å². The Morgan fingerprint density at radius 2 is 1.83 bits per heavy atom. The molecule has 0 saturated heterocycles. The van der Waals surface area contributed by atoms with Gasteiger partial charge >= 0.3 is 0 Å². The smallest absolute Gasteiger partial charge is 0.207 e. The summed E-state index contributed by atoms with van der Waals surface area (Å²) < 4.78 is 22.5. The van der Waals surface area contributed by atoms with Gasteiger partial charge in [-0.15, -0.1) is 0 Å². The van der Waals surface area contributed by atoms with E-state index in [0.717, 1.165) is 11.1 Å². The Balaban J connectivity index is 1.85. The van der Waals surface area contributed by atoms with Crippen molar-refractivity contribution in [3.8, 4) is 34.5 Å². The lowest BCUT2D eigenvalue weighted by molar-refractivity contribution is 0.136. The lowest BCUT2D eigenvalue weighted by Crippen LogP contribution is -2.22. The van der Waals surface area contributed by atoms with Gasteiger partial charge in [0.05, 0.1) is 26.7 Å². The van der Waals surface area contributed by atoms with Crippen molar-refractivity contribution in [2.75, 3.05) is 20.8 Å². The molecule has 2 aromatic carbocycles. The first-order valence-corrected chi connectivity index (χ1v) is 7.24. The van der Waals surface area contributed by atoms with Gasteiger partial charge in [-0.25, -0.2) is 0 Å². The number of phenols is 2. The van der Waals surface area contributed by atoms with E-state index in [9.17, 15) is 10.2 Å². The molecule has 2 atom stereocenters. The van der Waals surface area contributed by atoms with Gasteiger partial charge in [0.15, 0.2) is 11.5 Å². The standard InChI is InChI=1S/C17H16O6/c1-20-16-12(19)6-10-11-7-22-13-5-8(18)3-4-9(13)14(11)23-15(10)17(16)21-2/h3-6,11,14,18-19H,7H2,1-2H3/t11-,14-/m0/s1. The Labute approximate surface area is 132 Å². The summed E-state index contributed by atoms with van der Waals surface area (Å²) in [5, 5.41) is 19.8. The van der Waals surface area contributed by atoms with Crippen LogP contribution in [0.1, 0.15) is 23.1 Å². The van der Waals surface area contributed by atoms with Crippen LogP contribution in [0.15, 0.2) is 24.3 Å². The summed E-state index contributed by atoms with van der Waals surface area (Å²) in [6, 6.07) is 6.60. The second-order valence-corrected chi connectivity index (χ2v) is 5.56. The van der Waals surface area contributed by atoms with Gasteiger partial charge in [-0.3, -0.25) is 0 Å². The van der Waals surface area contributed by atoms with Gasteiger partial charge in [0.1, 0.15) is 17.6 Å². The number of hydrogen-bond acceptors (Lipinski definition) is 6. The topological polar surface area (TPSA) is 77.4 Å². The van der Waals surface area contributed by atoms with E-state index in [1.54, 1.807) is 24.3 Å². The van der Waals surface area contributed by atoms with Gasteiger partial charge in [0, 0.05) is 17.2 Å². The van der Waals surface area contributed by atoms with E-state index in [0.29, 0.717) is 23.9 Å². The minimum Gasteiger partial charge on any atom is -0.508 e. The molecule has 0 saturated carbocycles. The molecule has 0 fully saturated rings. The highest BCUT2D eigenvalue weighted by Crippen LogP contribution is 2.58. The molecule has 2 aliphatic rings. The lowest BCUT2D eigenvalue weighted by Gasteiger charge is -2.27. The van der Waals surface area contributed by atoms with Gasteiger partial charge in [-0.2, -0.15) is 0 Å². The quantitative estimate of drug-likeness (QED) is 0.887. The molecule has 0 amide bonds. The van der Waals surface area contributed by atoms with Crippen molar-refractivity contribution in [2.45, 2.75) is 12.0 Å². The van der Waals surface area contributed by atoms with E-state index < -0.39 is 0 Å². The Morgan fingerprint density at radius 1 is 1.04 bits per heavy atom. The molecule has 2 aromatic rings. The normalized spacial score (nSPS) is 20.6. The van der Waals surface area contributed by atoms with Crippen molar-refractivity contribution >= 4 is 0 Å². The van der Waals surface area contributed by atoms with Crippen LogP contribution >= 0.6 is 0 Å². The van der Waals surface area contributed by atoms with Crippen molar-refractivity contribution in [2.24, 2.45) is 0 Å². The van der Waals surface area contributed by atoms with E-state index in [-0.39, 0.29) is 29.3 Å². The minimum absolute atomic E-state index is 0.00357. The number of rotatable bonds is 2. The number of hydrogen-bond donors (Lipinski definition) is 2. The van der Waals surface area contributed by atoms with Crippen molar-refractivity contribution in [1.29, 1.82) is 0 Å². The molecule has 0 aliphatic carbocycles. The van der Waals surface area contributed by atoms with Crippen LogP contribution in [-0.4, -0.2) is 31.0 Å². The van der Waals surface area contributed by atoms with Gasteiger partial charge in [-0.1, -0.05) is 0 Å². The summed E-state index contributed by atoms with van der Waals surface area (Å²) in [6.45, 7) is 0.392. The van der Waals surface area contributed by atoms with E-state index in [4.69, 9.17) is 18.9 Å². The number of aromatic hydroxyl groups is 2. The molecule has 6 nitrogen and oxygen atoms in total. The molecule has 0 radical (unpaired) electrons. The molecule has 2 aliphatic heterocycles. The van der Waals surface area contributed by atoms with Gasteiger partial charge in [0.25, 0.3) is 0 Å². The second kappa shape index (κ2) is 4.87. The fourth-order valence-corrected chi connectivity index (χ4v) is 3.30. The molecule has 4 rings (SSSR count). The molecule has 2 heterocycles. The van der Waals surface area contributed by atoms with Crippen molar-refractivity contribution in [3.63, 3.8) is 0 Å². The molecular formula is C17H16O6. The van der Waals surface area contributed by atoms with E-state index in [1.807, 2.05) is 0 Å². The third-order valence-electron chi connectivity index (χ3n) is 4.34. The zero-order chi connectivity index (χ0) is 16.1. The van der Waals surface area contributed by atoms with Gasteiger partial charge < -0.3 is 29.2 Å². The molecule has 6 heteroatoms. The van der Waals surface area contributed by atoms with E-state index in [1.165, 1.54) is 14.2 Å². The Kier molecular flexibility index (Phi) is 2.94. The lowest BCUT2D eigenvalue weighted by atomic mass is 9.89. The predicted molar refractivity (Wildman–Crippen MR) is 80.9 cm³/mol. The molecule has 23 heavy (non-hydrogen) atoms. The van der Waals surface area contributed by atoms with Crippen LogP contribution in [0.3, 0.4) is 0 Å². The first-order chi connectivity index (χ1) is 11.1. The highest BCUT2D eigenvalue weighted by atomic mass is 16.5. The average Bonchev–Trinajstić information content (AvgIpc) is 2.91. The van der Waals surface area contributed by atoms with Crippen LogP contribution in [0, 0.1) is 0 Å². The maximum absolute atomic E-state index is 10.2. The second-order valence-electron chi connectivity index (χ2n) is 5.56. The third-order valence-corrected chi connectivity index (χ3v) is 4.34. The molecule has 0 unspecified atom stereocenters. The summed E-state index contributed by atoms with van der Waals surface area (Å²) in [5.74, 6) is 1.87. The molecule has 0 bridgehead atoms. The Morgan fingerprint density at radius 3 is 2.57 bits per heavy atom. The largest absolute Gasteiger partial charge is 0.508 e. The Hall–Kier alpha value is -2.76. The van der Waals surface area contributed by atoms with Crippen molar-refractivity contribution < 1.29 is 29.2 Å². The Bertz CT molecular complexity index is 785. The zero-order valence-electron chi connectivity index (χ0n) is 12.7. The maximum atomic E-state index is 10.2. The van der Waals surface area contributed by atoms with Crippen LogP contribution in [0.4, 0.5) is 0 Å². The molecule has 0 spiro atoms. The van der Waals surface area contributed by atoms with Crippen LogP contribution in [0.5, 0.6) is 34.5 Å². The summed E-state index contributed by atoms with van der Waals surface area (Å²) in [4.78, 5) is 0. The monoisotopic (exact) mass is 316 g/mol. The van der Waals surface area contributed by atoms with E-state index >= 15 is 0 Å². The summed E-state index contributed by atoms with van der Waals surface area (Å²) >= 11 is 0. The first kappa shape index (κ1) is 13.9.